The molecule has 1 amide bonds. The van der Waals surface area contributed by atoms with Crippen LogP contribution < -0.4 is 11.1 Å². The molecule has 100 valence electrons. The number of rotatable bonds is 2. The van der Waals surface area contributed by atoms with E-state index >= 15 is 0 Å². The number of carbonyl (C=O) groups excluding carboxylic acids is 1. The SMILES string of the molecule is Cc1cc(C(=O)Nc2c(C)ccc(N)c2C)sc1Br. The molecule has 0 aliphatic heterocycles. The first kappa shape index (κ1) is 14.1. The molecule has 1 aromatic carbocycles. The van der Waals surface area contributed by atoms with Crippen molar-refractivity contribution in [1.29, 1.82) is 0 Å². The first-order chi connectivity index (χ1) is 8.90. The fourth-order valence-corrected chi connectivity index (χ4v) is 3.23. The Kier molecular flexibility index (Phi) is 3.96. The first-order valence-electron chi connectivity index (χ1n) is 5.83. The second-order valence-electron chi connectivity index (χ2n) is 4.49. The summed E-state index contributed by atoms with van der Waals surface area (Å²) in [7, 11) is 0. The molecule has 0 aliphatic carbocycles. The average molecular weight is 339 g/mol. The summed E-state index contributed by atoms with van der Waals surface area (Å²) in [5.74, 6) is -0.101. The van der Waals surface area contributed by atoms with Crippen molar-refractivity contribution in [3.8, 4) is 0 Å². The third-order valence-corrected chi connectivity index (χ3v) is 5.17. The third-order valence-electron chi connectivity index (χ3n) is 3.03. The zero-order chi connectivity index (χ0) is 14.2. The number of benzene rings is 1. The van der Waals surface area contributed by atoms with E-state index in [0.29, 0.717) is 10.6 Å². The highest BCUT2D eigenvalue weighted by Gasteiger charge is 2.14. The predicted octanol–water partition coefficient (Wildman–Crippen LogP) is 4.27. The zero-order valence-electron chi connectivity index (χ0n) is 11.0. The maximum absolute atomic E-state index is 12.2. The standard InChI is InChI=1S/C14H15BrN2OS/c1-7-4-5-10(16)9(3)12(7)17-14(18)11-6-8(2)13(15)19-11/h4-6H,16H2,1-3H3,(H,17,18). The fourth-order valence-electron chi connectivity index (χ4n) is 1.80. The topological polar surface area (TPSA) is 55.1 Å². The Hall–Kier alpha value is -1.33. The number of halogens is 1. The van der Waals surface area contributed by atoms with Gasteiger partial charge in [0.05, 0.1) is 8.66 Å². The van der Waals surface area contributed by atoms with Gasteiger partial charge in [-0.15, -0.1) is 11.3 Å². The van der Waals surface area contributed by atoms with Crippen LogP contribution >= 0.6 is 27.3 Å². The molecule has 0 radical (unpaired) electrons. The second kappa shape index (κ2) is 5.35. The second-order valence-corrected chi connectivity index (χ2v) is 6.86. The van der Waals surface area contributed by atoms with Crippen molar-refractivity contribution in [1.82, 2.24) is 0 Å². The molecular weight excluding hydrogens is 324 g/mol. The number of hydrogen-bond acceptors (Lipinski definition) is 3. The van der Waals surface area contributed by atoms with E-state index in [0.717, 1.165) is 26.2 Å². The number of nitrogens with two attached hydrogens (primary N) is 1. The van der Waals surface area contributed by atoms with Gasteiger partial charge in [0.25, 0.3) is 5.91 Å². The minimum atomic E-state index is -0.101. The van der Waals surface area contributed by atoms with Crippen LogP contribution in [0.4, 0.5) is 11.4 Å². The quantitative estimate of drug-likeness (QED) is 0.803. The molecule has 0 atom stereocenters. The van der Waals surface area contributed by atoms with Gasteiger partial charge in [-0.1, -0.05) is 6.07 Å². The molecule has 0 fully saturated rings. The third kappa shape index (κ3) is 2.82. The van der Waals surface area contributed by atoms with Gasteiger partial charge in [0.15, 0.2) is 0 Å². The van der Waals surface area contributed by atoms with Crippen molar-refractivity contribution in [2.45, 2.75) is 20.8 Å². The summed E-state index contributed by atoms with van der Waals surface area (Å²) in [6, 6.07) is 5.64. The monoisotopic (exact) mass is 338 g/mol. The van der Waals surface area contributed by atoms with E-state index in [4.69, 9.17) is 5.73 Å². The molecule has 0 aliphatic rings. The Morgan fingerprint density at radius 3 is 2.53 bits per heavy atom. The lowest BCUT2D eigenvalue weighted by molar-refractivity contribution is 0.103. The molecule has 19 heavy (non-hydrogen) atoms. The van der Waals surface area contributed by atoms with Crippen molar-refractivity contribution in [2.75, 3.05) is 11.1 Å². The molecule has 1 heterocycles. The van der Waals surface area contributed by atoms with E-state index in [2.05, 4.69) is 21.2 Å². The van der Waals surface area contributed by atoms with Gasteiger partial charge in [0.2, 0.25) is 0 Å². The average Bonchev–Trinajstić information content (AvgIpc) is 2.70. The molecule has 0 unspecified atom stereocenters. The fraction of sp³-hybridized carbons (Fsp3) is 0.214. The van der Waals surface area contributed by atoms with Gasteiger partial charge in [-0.3, -0.25) is 4.79 Å². The molecule has 2 aromatic rings. The van der Waals surface area contributed by atoms with Gasteiger partial charge in [-0.05, 0) is 65.5 Å². The summed E-state index contributed by atoms with van der Waals surface area (Å²) in [6.45, 7) is 5.83. The number of amides is 1. The smallest absolute Gasteiger partial charge is 0.265 e. The van der Waals surface area contributed by atoms with Crippen LogP contribution in [0.3, 0.4) is 0 Å². The summed E-state index contributed by atoms with van der Waals surface area (Å²) in [4.78, 5) is 12.9. The highest BCUT2D eigenvalue weighted by molar-refractivity contribution is 9.11. The molecule has 3 N–H and O–H groups in total. The van der Waals surface area contributed by atoms with Gasteiger partial charge in [0, 0.05) is 11.4 Å². The van der Waals surface area contributed by atoms with Crippen LogP contribution in [0, 0.1) is 20.8 Å². The molecule has 0 saturated carbocycles. The van der Waals surface area contributed by atoms with E-state index < -0.39 is 0 Å². The summed E-state index contributed by atoms with van der Waals surface area (Å²) < 4.78 is 0.985. The van der Waals surface area contributed by atoms with Crippen molar-refractivity contribution in [3.05, 3.63) is 43.6 Å². The number of hydrogen-bond donors (Lipinski definition) is 2. The van der Waals surface area contributed by atoms with Crippen LogP contribution in [-0.2, 0) is 0 Å². The number of thiophene rings is 1. The largest absolute Gasteiger partial charge is 0.398 e. The van der Waals surface area contributed by atoms with Crippen molar-refractivity contribution in [3.63, 3.8) is 0 Å². The predicted molar refractivity (Wildman–Crippen MR) is 85.0 cm³/mol. The zero-order valence-corrected chi connectivity index (χ0v) is 13.4. The Balaban J connectivity index is 2.31. The Labute approximate surface area is 125 Å². The molecular formula is C14H15BrN2OS. The van der Waals surface area contributed by atoms with Crippen molar-refractivity contribution in [2.24, 2.45) is 0 Å². The van der Waals surface area contributed by atoms with Crippen LogP contribution in [-0.4, -0.2) is 5.91 Å². The minimum absolute atomic E-state index is 0.101. The number of nitrogens with one attached hydrogen (secondary N) is 1. The molecule has 0 saturated heterocycles. The lowest BCUT2D eigenvalue weighted by Gasteiger charge is -2.12. The number of anilines is 2. The molecule has 3 nitrogen and oxygen atoms in total. The van der Waals surface area contributed by atoms with Gasteiger partial charge in [0.1, 0.15) is 0 Å². The van der Waals surface area contributed by atoms with E-state index in [1.54, 1.807) is 0 Å². The number of nitrogen functional groups attached to an aromatic ring is 1. The summed E-state index contributed by atoms with van der Waals surface area (Å²) in [5.41, 5.74) is 10.3. The summed E-state index contributed by atoms with van der Waals surface area (Å²) in [6.07, 6.45) is 0. The van der Waals surface area contributed by atoms with E-state index in [1.807, 2.05) is 39.0 Å². The van der Waals surface area contributed by atoms with E-state index in [9.17, 15) is 4.79 Å². The summed E-state index contributed by atoms with van der Waals surface area (Å²) >= 11 is 4.86. The maximum atomic E-state index is 12.2. The summed E-state index contributed by atoms with van der Waals surface area (Å²) in [5, 5.41) is 2.95. The van der Waals surface area contributed by atoms with Crippen LogP contribution in [0.5, 0.6) is 0 Å². The van der Waals surface area contributed by atoms with Crippen molar-refractivity contribution >= 4 is 44.5 Å². The van der Waals surface area contributed by atoms with Crippen LogP contribution in [0.1, 0.15) is 26.4 Å². The highest BCUT2D eigenvalue weighted by Crippen LogP contribution is 2.30. The Morgan fingerprint density at radius 1 is 1.26 bits per heavy atom. The van der Waals surface area contributed by atoms with Crippen LogP contribution in [0.15, 0.2) is 22.0 Å². The van der Waals surface area contributed by atoms with Crippen molar-refractivity contribution < 1.29 is 4.79 Å². The molecule has 2 rings (SSSR count). The molecule has 0 bridgehead atoms. The molecule has 5 heteroatoms. The van der Waals surface area contributed by atoms with Crippen LogP contribution in [0.25, 0.3) is 0 Å². The highest BCUT2D eigenvalue weighted by atomic mass is 79.9. The van der Waals surface area contributed by atoms with Gasteiger partial charge in [-0.25, -0.2) is 0 Å². The van der Waals surface area contributed by atoms with Crippen LogP contribution in [0.2, 0.25) is 0 Å². The number of aryl methyl sites for hydroxylation is 2. The number of carbonyl (C=O) groups is 1. The molecule has 1 aromatic heterocycles. The lowest BCUT2D eigenvalue weighted by atomic mass is 10.1. The minimum Gasteiger partial charge on any atom is -0.398 e. The van der Waals surface area contributed by atoms with Gasteiger partial charge in [-0.2, -0.15) is 0 Å². The van der Waals surface area contributed by atoms with E-state index in [1.165, 1.54) is 11.3 Å². The van der Waals surface area contributed by atoms with Gasteiger partial charge >= 0.3 is 0 Å². The lowest BCUT2D eigenvalue weighted by Crippen LogP contribution is -2.13. The Bertz CT molecular complexity index is 630. The Morgan fingerprint density at radius 2 is 1.95 bits per heavy atom. The molecule has 0 spiro atoms. The van der Waals surface area contributed by atoms with Gasteiger partial charge < -0.3 is 11.1 Å². The van der Waals surface area contributed by atoms with E-state index in [-0.39, 0.29) is 5.91 Å². The maximum Gasteiger partial charge on any atom is 0.265 e. The first-order valence-corrected chi connectivity index (χ1v) is 7.44. The normalized spacial score (nSPS) is 10.5.